The molecule has 6 heteroatoms. The van der Waals surface area contributed by atoms with Crippen LogP contribution in [0.15, 0.2) is 48.9 Å². The van der Waals surface area contributed by atoms with Gasteiger partial charge in [-0.2, -0.15) is 0 Å². The molecule has 0 fully saturated rings. The molecule has 0 aliphatic rings. The zero-order valence-corrected chi connectivity index (χ0v) is 14.8. The number of benzene rings is 1. The molecule has 0 aliphatic carbocycles. The quantitative estimate of drug-likeness (QED) is 0.714. The molecular formula is C19H23N5O. The number of aromatic nitrogens is 4. The number of hydrogen-bond acceptors (Lipinski definition) is 5. The zero-order chi connectivity index (χ0) is 17.6. The molecule has 1 unspecified atom stereocenters. The normalized spacial score (nSPS) is 12.0. The summed E-state index contributed by atoms with van der Waals surface area (Å²) in [6, 6.07) is 12.1. The van der Waals surface area contributed by atoms with Crippen LogP contribution < -0.4 is 10.1 Å². The highest BCUT2D eigenvalue weighted by molar-refractivity contribution is 5.45. The third kappa shape index (κ3) is 4.35. The maximum atomic E-state index is 5.77. The maximum Gasteiger partial charge on any atom is 0.233 e. The van der Waals surface area contributed by atoms with Gasteiger partial charge in [0, 0.05) is 36.0 Å². The lowest BCUT2D eigenvalue weighted by Gasteiger charge is -2.16. The first-order valence-corrected chi connectivity index (χ1v) is 8.42. The van der Waals surface area contributed by atoms with Crippen molar-refractivity contribution in [2.45, 2.75) is 33.2 Å². The molecule has 6 nitrogen and oxygen atoms in total. The van der Waals surface area contributed by atoms with Crippen molar-refractivity contribution in [3.63, 3.8) is 0 Å². The first kappa shape index (κ1) is 17.0. The highest BCUT2D eigenvalue weighted by atomic mass is 16.5. The largest absolute Gasteiger partial charge is 0.477 e. The first-order valence-electron chi connectivity index (χ1n) is 8.42. The molecule has 3 rings (SSSR count). The summed E-state index contributed by atoms with van der Waals surface area (Å²) in [5.41, 5.74) is 3.09. The summed E-state index contributed by atoms with van der Waals surface area (Å²) in [5.74, 6) is 1.51. The van der Waals surface area contributed by atoms with Gasteiger partial charge in [0.05, 0.1) is 12.3 Å². The van der Waals surface area contributed by atoms with Gasteiger partial charge in [0.25, 0.3) is 0 Å². The van der Waals surface area contributed by atoms with Crippen molar-refractivity contribution in [1.82, 2.24) is 19.7 Å². The minimum Gasteiger partial charge on any atom is -0.477 e. The number of hydrogen-bond donors (Lipinski definition) is 1. The Morgan fingerprint density at radius 2 is 1.92 bits per heavy atom. The Hall–Kier alpha value is -2.89. The highest BCUT2D eigenvalue weighted by Gasteiger charge is 2.08. The van der Waals surface area contributed by atoms with E-state index < -0.39 is 0 Å². The summed E-state index contributed by atoms with van der Waals surface area (Å²) >= 11 is 0. The molecule has 0 radical (unpaired) electrons. The smallest absolute Gasteiger partial charge is 0.233 e. The van der Waals surface area contributed by atoms with Gasteiger partial charge in [-0.3, -0.25) is 0 Å². The minimum atomic E-state index is 0.240. The number of anilines is 1. The number of para-hydroxylation sites is 1. The van der Waals surface area contributed by atoms with Crippen LogP contribution in [0.1, 0.15) is 24.6 Å². The van der Waals surface area contributed by atoms with Crippen LogP contribution in [0, 0.1) is 13.8 Å². The van der Waals surface area contributed by atoms with Gasteiger partial charge in [-0.05, 0) is 32.9 Å². The molecule has 2 heterocycles. The Morgan fingerprint density at radius 1 is 1.12 bits per heavy atom. The lowest BCUT2D eigenvalue weighted by atomic mass is 10.2. The Balaban J connectivity index is 1.50. The van der Waals surface area contributed by atoms with Crippen molar-refractivity contribution >= 4 is 5.82 Å². The summed E-state index contributed by atoms with van der Waals surface area (Å²) in [6.45, 7) is 6.71. The van der Waals surface area contributed by atoms with Gasteiger partial charge >= 0.3 is 0 Å². The van der Waals surface area contributed by atoms with Crippen molar-refractivity contribution in [2.24, 2.45) is 0 Å². The van der Waals surface area contributed by atoms with Crippen molar-refractivity contribution < 1.29 is 4.74 Å². The van der Waals surface area contributed by atoms with Gasteiger partial charge in [0.1, 0.15) is 12.1 Å². The fourth-order valence-electron chi connectivity index (χ4n) is 2.44. The van der Waals surface area contributed by atoms with E-state index in [0.717, 1.165) is 29.2 Å². The number of nitrogens with one attached hydrogen (secondary N) is 1. The van der Waals surface area contributed by atoms with Gasteiger partial charge in [0.15, 0.2) is 0 Å². The first-order chi connectivity index (χ1) is 12.1. The second-order valence-electron chi connectivity index (χ2n) is 6.05. The lowest BCUT2D eigenvalue weighted by molar-refractivity contribution is 0.291. The predicted molar refractivity (Wildman–Crippen MR) is 98.3 cm³/mol. The van der Waals surface area contributed by atoms with Gasteiger partial charge in [-0.1, -0.05) is 18.2 Å². The van der Waals surface area contributed by atoms with Crippen LogP contribution in [0.25, 0.3) is 5.69 Å². The maximum absolute atomic E-state index is 5.77. The highest BCUT2D eigenvalue weighted by Crippen LogP contribution is 2.15. The molecule has 0 saturated carbocycles. The topological polar surface area (TPSA) is 64.9 Å². The average molecular weight is 337 g/mol. The SMILES string of the molecule is Cc1ncnc(NC(C)CCOc2ccn(-c3ccccc3)n2)c1C. The molecule has 0 amide bonds. The van der Waals surface area contributed by atoms with Crippen LogP contribution in [-0.4, -0.2) is 32.4 Å². The number of ether oxygens (including phenoxy) is 1. The lowest BCUT2D eigenvalue weighted by Crippen LogP contribution is -2.20. The summed E-state index contributed by atoms with van der Waals surface area (Å²) in [5, 5.41) is 7.85. The molecule has 1 aromatic carbocycles. The van der Waals surface area contributed by atoms with Crippen LogP contribution in [0.3, 0.4) is 0 Å². The summed E-state index contributed by atoms with van der Waals surface area (Å²) < 4.78 is 7.58. The number of aryl methyl sites for hydroxylation is 1. The Bertz CT molecular complexity index is 816. The summed E-state index contributed by atoms with van der Waals surface area (Å²) in [6.07, 6.45) is 4.34. The van der Waals surface area contributed by atoms with E-state index >= 15 is 0 Å². The van der Waals surface area contributed by atoms with E-state index in [2.05, 4.69) is 27.3 Å². The molecule has 0 bridgehead atoms. The summed E-state index contributed by atoms with van der Waals surface area (Å²) in [7, 11) is 0. The fourth-order valence-corrected chi connectivity index (χ4v) is 2.44. The molecule has 2 aromatic heterocycles. The van der Waals surface area contributed by atoms with Gasteiger partial charge in [-0.25, -0.2) is 14.6 Å². The second kappa shape index (κ2) is 7.79. The Labute approximate surface area is 147 Å². The Kier molecular flexibility index (Phi) is 5.28. The third-order valence-corrected chi connectivity index (χ3v) is 4.11. The van der Waals surface area contributed by atoms with Crippen molar-refractivity contribution in [3.8, 4) is 11.6 Å². The van der Waals surface area contributed by atoms with E-state index in [9.17, 15) is 0 Å². The molecular weight excluding hydrogens is 314 g/mol. The minimum absolute atomic E-state index is 0.240. The number of rotatable bonds is 7. The van der Waals surface area contributed by atoms with Crippen LogP contribution in [-0.2, 0) is 0 Å². The second-order valence-corrected chi connectivity index (χ2v) is 6.05. The van der Waals surface area contributed by atoms with Crippen molar-refractivity contribution in [2.75, 3.05) is 11.9 Å². The van der Waals surface area contributed by atoms with E-state index in [-0.39, 0.29) is 6.04 Å². The molecule has 1 atom stereocenters. The molecule has 130 valence electrons. The fraction of sp³-hybridized carbons (Fsp3) is 0.316. The van der Waals surface area contributed by atoms with Gasteiger partial charge in [-0.15, -0.1) is 5.10 Å². The van der Waals surface area contributed by atoms with Gasteiger partial charge < -0.3 is 10.1 Å². The van der Waals surface area contributed by atoms with E-state index in [1.165, 1.54) is 0 Å². The van der Waals surface area contributed by atoms with Crippen LogP contribution in [0.4, 0.5) is 5.82 Å². The molecule has 0 aliphatic heterocycles. The zero-order valence-electron chi connectivity index (χ0n) is 14.8. The standard InChI is InChI=1S/C19H23N5O/c1-14(22-19-15(2)16(3)20-13-21-19)10-12-25-18-9-11-24(23-18)17-7-5-4-6-8-17/h4-9,11,13-14H,10,12H2,1-3H3,(H,20,21,22). The average Bonchev–Trinajstić information content (AvgIpc) is 3.09. The van der Waals surface area contributed by atoms with Crippen LogP contribution in [0.2, 0.25) is 0 Å². The molecule has 0 spiro atoms. The van der Waals surface area contributed by atoms with E-state index in [1.807, 2.05) is 61.1 Å². The van der Waals surface area contributed by atoms with Crippen LogP contribution >= 0.6 is 0 Å². The number of nitrogens with zero attached hydrogens (tertiary/aromatic N) is 4. The van der Waals surface area contributed by atoms with Crippen molar-refractivity contribution in [3.05, 3.63) is 60.2 Å². The van der Waals surface area contributed by atoms with E-state index in [0.29, 0.717) is 12.5 Å². The van der Waals surface area contributed by atoms with E-state index in [1.54, 1.807) is 6.33 Å². The van der Waals surface area contributed by atoms with Crippen molar-refractivity contribution in [1.29, 1.82) is 0 Å². The molecule has 25 heavy (non-hydrogen) atoms. The Morgan fingerprint density at radius 3 is 2.72 bits per heavy atom. The van der Waals surface area contributed by atoms with Crippen LogP contribution in [0.5, 0.6) is 5.88 Å². The monoisotopic (exact) mass is 337 g/mol. The molecule has 0 saturated heterocycles. The van der Waals surface area contributed by atoms with E-state index in [4.69, 9.17) is 4.74 Å². The predicted octanol–water partition coefficient (Wildman–Crippen LogP) is 3.55. The third-order valence-electron chi connectivity index (χ3n) is 4.11. The molecule has 3 aromatic rings. The summed E-state index contributed by atoms with van der Waals surface area (Å²) in [4.78, 5) is 8.49. The molecule has 1 N–H and O–H groups in total. The van der Waals surface area contributed by atoms with Gasteiger partial charge in [0.2, 0.25) is 5.88 Å².